The maximum atomic E-state index is 12.5. The fourth-order valence-corrected chi connectivity index (χ4v) is 3.10. The Morgan fingerprint density at radius 3 is 2.58 bits per heavy atom. The van der Waals surface area contributed by atoms with Crippen LogP contribution in [0.25, 0.3) is 17.3 Å². The molecule has 0 unspecified atom stereocenters. The Bertz CT molecular complexity index is 1220. The number of aromatic nitrogens is 1. The molecule has 0 aliphatic carbocycles. The number of esters is 2. The molecule has 3 aromatic rings. The molecule has 0 saturated carbocycles. The molecule has 0 atom stereocenters. The van der Waals surface area contributed by atoms with Gasteiger partial charge in [-0.05, 0) is 30.7 Å². The van der Waals surface area contributed by atoms with Crippen LogP contribution < -0.4 is 9.47 Å². The molecule has 0 saturated heterocycles. The molecular weight excluding hydrogens is 400 g/mol. The molecule has 8 nitrogen and oxygen atoms in total. The highest BCUT2D eigenvalue weighted by Crippen LogP contribution is 2.31. The fourth-order valence-electron chi connectivity index (χ4n) is 3.10. The van der Waals surface area contributed by atoms with Gasteiger partial charge >= 0.3 is 11.9 Å². The lowest BCUT2D eigenvalue weighted by atomic mass is 10.1. The van der Waals surface area contributed by atoms with Gasteiger partial charge in [-0.25, -0.2) is 9.79 Å². The van der Waals surface area contributed by atoms with E-state index in [1.165, 1.54) is 14.0 Å². The van der Waals surface area contributed by atoms with Gasteiger partial charge in [-0.15, -0.1) is 0 Å². The number of aryl methyl sites for hydroxylation is 1. The van der Waals surface area contributed by atoms with E-state index in [1.54, 1.807) is 31.2 Å². The highest BCUT2D eigenvalue weighted by Gasteiger charge is 2.30. The highest BCUT2D eigenvalue weighted by atomic mass is 16.6. The highest BCUT2D eigenvalue weighted by molar-refractivity contribution is 6.15. The van der Waals surface area contributed by atoms with Crippen LogP contribution in [-0.4, -0.2) is 30.1 Å². The second-order valence-corrected chi connectivity index (χ2v) is 6.67. The first-order chi connectivity index (χ1) is 15.0. The summed E-state index contributed by atoms with van der Waals surface area (Å²) < 4.78 is 21.1. The number of ether oxygens (including phenoxy) is 3. The number of benzene rings is 2. The van der Waals surface area contributed by atoms with Crippen molar-refractivity contribution < 1.29 is 28.3 Å². The zero-order valence-electron chi connectivity index (χ0n) is 17.0. The van der Waals surface area contributed by atoms with Crippen molar-refractivity contribution in [2.75, 3.05) is 7.11 Å². The molecule has 0 N–H and O–H groups in total. The lowest BCUT2D eigenvalue weighted by Gasteiger charge is -2.08. The lowest BCUT2D eigenvalue weighted by Crippen LogP contribution is -2.07. The topological polar surface area (TPSA) is 100 Å². The summed E-state index contributed by atoms with van der Waals surface area (Å²) in [5, 5.41) is 4.10. The minimum absolute atomic E-state index is 0.108. The number of aliphatic imine (C=N–C) groups is 1. The Kier molecular flexibility index (Phi) is 5.36. The molecule has 0 radical (unpaired) electrons. The predicted octanol–water partition coefficient (Wildman–Crippen LogP) is 3.93. The summed E-state index contributed by atoms with van der Waals surface area (Å²) >= 11 is 0. The zero-order chi connectivity index (χ0) is 22.0. The van der Waals surface area contributed by atoms with Crippen molar-refractivity contribution in [3.8, 4) is 22.8 Å². The van der Waals surface area contributed by atoms with Crippen molar-refractivity contribution >= 4 is 23.9 Å². The maximum Gasteiger partial charge on any atom is 0.363 e. The van der Waals surface area contributed by atoms with Crippen LogP contribution in [0.5, 0.6) is 11.5 Å². The van der Waals surface area contributed by atoms with Crippen LogP contribution in [0.4, 0.5) is 0 Å². The molecular formula is C23H18N2O6. The van der Waals surface area contributed by atoms with Gasteiger partial charge in [0.2, 0.25) is 5.90 Å². The van der Waals surface area contributed by atoms with Crippen LogP contribution in [-0.2, 0) is 14.3 Å². The molecule has 8 heteroatoms. The number of hydrogen-bond donors (Lipinski definition) is 0. The van der Waals surface area contributed by atoms with Crippen molar-refractivity contribution in [3.05, 3.63) is 71.1 Å². The zero-order valence-corrected chi connectivity index (χ0v) is 17.0. The van der Waals surface area contributed by atoms with Crippen LogP contribution in [0.1, 0.15) is 23.8 Å². The largest absolute Gasteiger partial charge is 0.493 e. The Balaban J connectivity index is 1.70. The minimum Gasteiger partial charge on any atom is -0.493 e. The normalized spacial score (nSPS) is 14.4. The van der Waals surface area contributed by atoms with Crippen molar-refractivity contribution in [2.24, 2.45) is 4.99 Å². The molecule has 1 aliphatic rings. The van der Waals surface area contributed by atoms with Crippen LogP contribution in [0.3, 0.4) is 0 Å². The summed E-state index contributed by atoms with van der Waals surface area (Å²) in [6, 6.07) is 14.3. The van der Waals surface area contributed by atoms with E-state index in [-0.39, 0.29) is 17.3 Å². The molecule has 0 bridgehead atoms. The SMILES string of the molecule is COc1cc(C=C2N=C(c3c(-c4ccccc4)noc3C)OC2=O)ccc1OC(C)=O. The van der Waals surface area contributed by atoms with Crippen molar-refractivity contribution in [3.63, 3.8) is 0 Å². The summed E-state index contributed by atoms with van der Waals surface area (Å²) in [4.78, 5) is 28.0. The van der Waals surface area contributed by atoms with E-state index in [4.69, 9.17) is 18.7 Å². The van der Waals surface area contributed by atoms with Crippen molar-refractivity contribution in [1.29, 1.82) is 0 Å². The van der Waals surface area contributed by atoms with Gasteiger partial charge in [-0.1, -0.05) is 41.6 Å². The first-order valence-electron chi connectivity index (χ1n) is 9.37. The standard InChI is InChI=1S/C23H18N2O6/c1-13-20(21(25-31-13)16-7-5-4-6-8-16)22-24-17(23(27)30-22)11-15-9-10-18(29-14(2)26)19(12-15)28-3/h4-12H,1-3H3. The average Bonchev–Trinajstić information content (AvgIpc) is 3.31. The molecule has 31 heavy (non-hydrogen) atoms. The third-order valence-corrected chi connectivity index (χ3v) is 4.49. The summed E-state index contributed by atoms with van der Waals surface area (Å²) in [6.07, 6.45) is 1.56. The number of carbonyl (C=O) groups is 2. The smallest absolute Gasteiger partial charge is 0.363 e. The van der Waals surface area contributed by atoms with E-state index in [0.717, 1.165) is 5.56 Å². The van der Waals surface area contributed by atoms with Gasteiger partial charge in [-0.3, -0.25) is 4.79 Å². The predicted molar refractivity (Wildman–Crippen MR) is 112 cm³/mol. The summed E-state index contributed by atoms with van der Waals surface area (Å²) in [5.41, 5.74) is 2.60. The summed E-state index contributed by atoms with van der Waals surface area (Å²) in [5.74, 6) is 0.176. The van der Waals surface area contributed by atoms with E-state index in [9.17, 15) is 9.59 Å². The monoisotopic (exact) mass is 418 g/mol. The van der Waals surface area contributed by atoms with E-state index in [1.807, 2.05) is 30.3 Å². The summed E-state index contributed by atoms with van der Waals surface area (Å²) in [7, 11) is 1.46. The van der Waals surface area contributed by atoms with Crippen molar-refractivity contribution in [2.45, 2.75) is 13.8 Å². The summed E-state index contributed by atoms with van der Waals surface area (Å²) in [6.45, 7) is 3.03. The number of carbonyl (C=O) groups excluding carboxylic acids is 2. The van der Waals surface area contributed by atoms with E-state index in [2.05, 4.69) is 10.1 Å². The van der Waals surface area contributed by atoms with Gasteiger partial charge < -0.3 is 18.7 Å². The van der Waals surface area contributed by atoms with Crippen molar-refractivity contribution in [1.82, 2.24) is 5.16 Å². The fraction of sp³-hybridized carbons (Fsp3) is 0.130. The van der Waals surface area contributed by atoms with Gasteiger partial charge in [0.05, 0.1) is 7.11 Å². The molecule has 2 aromatic carbocycles. The first kappa shape index (κ1) is 20.1. The third-order valence-electron chi connectivity index (χ3n) is 4.49. The lowest BCUT2D eigenvalue weighted by molar-refractivity contribution is -0.132. The Morgan fingerprint density at radius 2 is 1.87 bits per heavy atom. The first-order valence-corrected chi connectivity index (χ1v) is 9.37. The van der Waals surface area contributed by atoms with Crippen LogP contribution in [0.2, 0.25) is 0 Å². The molecule has 0 fully saturated rings. The van der Waals surface area contributed by atoms with Crippen LogP contribution >= 0.6 is 0 Å². The number of nitrogens with zero attached hydrogens (tertiary/aromatic N) is 2. The maximum absolute atomic E-state index is 12.5. The van der Waals surface area contributed by atoms with Gasteiger partial charge in [0.25, 0.3) is 0 Å². The average molecular weight is 418 g/mol. The molecule has 0 spiro atoms. The number of cyclic esters (lactones) is 1. The number of rotatable bonds is 5. The van der Waals surface area contributed by atoms with Gasteiger partial charge in [0.1, 0.15) is 17.0 Å². The third kappa shape index (κ3) is 4.09. The Hall–Kier alpha value is -4.20. The van der Waals surface area contributed by atoms with E-state index < -0.39 is 11.9 Å². The molecule has 0 amide bonds. The second-order valence-electron chi connectivity index (χ2n) is 6.67. The van der Waals surface area contributed by atoms with Gasteiger partial charge in [0.15, 0.2) is 17.2 Å². The Labute approximate surface area is 177 Å². The van der Waals surface area contributed by atoms with E-state index >= 15 is 0 Å². The molecule has 156 valence electrons. The molecule has 1 aromatic heterocycles. The number of methoxy groups -OCH3 is 1. The van der Waals surface area contributed by atoms with Gasteiger partial charge in [-0.2, -0.15) is 0 Å². The quantitative estimate of drug-likeness (QED) is 0.352. The second kappa shape index (κ2) is 8.27. The molecule has 1 aliphatic heterocycles. The van der Waals surface area contributed by atoms with Crippen LogP contribution in [0.15, 0.2) is 63.7 Å². The van der Waals surface area contributed by atoms with E-state index in [0.29, 0.717) is 28.3 Å². The minimum atomic E-state index is -0.599. The van der Waals surface area contributed by atoms with Gasteiger partial charge in [0, 0.05) is 12.5 Å². The number of hydrogen-bond acceptors (Lipinski definition) is 8. The molecule has 2 heterocycles. The Morgan fingerprint density at radius 1 is 1.10 bits per heavy atom. The van der Waals surface area contributed by atoms with Crippen LogP contribution in [0, 0.1) is 6.92 Å². The molecule has 4 rings (SSSR count).